The largest absolute Gasteiger partial charge is 0.481 e. The van der Waals surface area contributed by atoms with E-state index in [4.69, 9.17) is 0 Å². The van der Waals surface area contributed by atoms with Crippen molar-refractivity contribution in [2.45, 2.75) is 18.3 Å². The third-order valence-electron chi connectivity index (χ3n) is 4.88. The molecule has 3 nitrogen and oxygen atoms in total. The maximum Gasteiger partial charge on any atom is 0.304 e. The number of benzene rings is 2. The zero-order valence-corrected chi connectivity index (χ0v) is 13.1. The predicted molar refractivity (Wildman–Crippen MR) is 92.9 cm³/mol. The van der Waals surface area contributed by atoms with Gasteiger partial charge in [0.25, 0.3) is 0 Å². The number of nitrogens with zero attached hydrogens (tertiary/aromatic N) is 1. The molecule has 2 aromatic carbocycles. The SMILES string of the molecule is O=C(O)CC1(Cc2ccncc2)c2ccccc2-c2ccccc21. The van der Waals surface area contributed by atoms with E-state index in [9.17, 15) is 9.90 Å². The van der Waals surface area contributed by atoms with Gasteiger partial charge >= 0.3 is 5.97 Å². The fraction of sp³-hybridized carbons (Fsp3) is 0.143. The minimum absolute atomic E-state index is 0.0728. The van der Waals surface area contributed by atoms with Crippen LogP contribution in [0.3, 0.4) is 0 Å². The quantitative estimate of drug-likeness (QED) is 0.789. The van der Waals surface area contributed by atoms with Crippen molar-refractivity contribution in [2.75, 3.05) is 0 Å². The summed E-state index contributed by atoms with van der Waals surface area (Å²) in [4.78, 5) is 15.8. The molecule has 1 N–H and O–H groups in total. The molecule has 1 aliphatic carbocycles. The van der Waals surface area contributed by atoms with Crippen LogP contribution in [0.15, 0.2) is 73.1 Å². The molecule has 0 fully saturated rings. The lowest BCUT2D eigenvalue weighted by Gasteiger charge is -2.31. The summed E-state index contributed by atoms with van der Waals surface area (Å²) in [5.41, 5.74) is 5.04. The number of carboxylic acid groups (broad SMARTS) is 1. The molecule has 0 bridgehead atoms. The molecule has 1 aromatic heterocycles. The van der Waals surface area contributed by atoms with Gasteiger partial charge in [0, 0.05) is 17.8 Å². The van der Waals surface area contributed by atoms with Crippen LogP contribution in [-0.4, -0.2) is 16.1 Å². The monoisotopic (exact) mass is 315 g/mol. The zero-order chi connectivity index (χ0) is 16.6. The number of aliphatic carboxylic acids is 1. The Labute approximate surface area is 140 Å². The van der Waals surface area contributed by atoms with Crippen LogP contribution in [0.25, 0.3) is 11.1 Å². The van der Waals surface area contributed by atoms with Gasteiger partial charge in [-0.25, -0.2) is 0 Å². The van der Waals surface area contributed by atoms with E-state index in [1.54, 1.807) is 12.4 Å². The first kappa shape index (κ1) is 14.6. The molecular formula is C21H17NO2. The Balaban J connectivity index is 1.97. The lowest BCUT2D eigenvalue weighted by molar-refractivity contribution is -0.138. The molecule has 4 rings (SSSR count). The van der Waals surface area contributed by atoms with Crippen LogP contribution in [0.5, 0.6) is 0 Å². The van der Waals surface area contributed by atoms with Gasteiger partial charge in [-0.2, -0.15) is 0 Å². The normalized spacial score (nSPS) is 14.0. The number of carbonyl (C=O) groups is 1. The van der Waals surface area contributed by atoms with E-state index in [0.717, 1.165) is 27.8 Å². The van der Waals surface area contributed by atoms with Crippen LogP contribution in [0.1, 0.15) is 23.1 Å². The Morgan fingerprint density at radius 3 is 1.96 bits per heavy atom. The molecule has 24 heavy (non-hydrogen) atoms. The summed E-state index contributed by atoms with van der Waals surface area (Å²) in [5.74, 6) is -0.782. The van der Waals surface area contributed by atoms with Crippen LogP contribution < -0.4 is 0 Å². The molecule has 0 radical (unpaired) electrons. The van der Waals surface area contributed by atoms with Crippen molar-refractivity contribution in [1.29, 1.82) is 0 Å². The third-order valence-corrected chi connectivity index (χ3v) is 4.88. The smallest absolute Gasteiger partial charge is 0.304 e. The van der Waals surface area contributed by atoms with Gasteiger partial charge in [0.15, 0.2) is 0 Å². The second kappa shape index (κ2) is 5.60. The summed E-state index contributed by atoms with van der Waals surface area (Å²) in [6.07, 6.45) is 4.24. The van der Waals surface area contributed by atoms with Gasteiger partial charge in [-0.05, 0) is 46.4 Å². The Morgan fingerprint density at radius 1 is 0.875 bits per heavy atom. The van der Waals surface area contributed by atoms with Crippen LogP contribution in [0.2, 0.25) is 0 Å². The molecule has 0 amide bonds. The molecule has 1 heterocycles. The van der Waals surface area contributed by atoms with Gasteiger partial charge in [0.2, 0.25) is 0 Å². The minimum atomic E-state index is -0.782. The van der Waals surface area contributed by atoms with Gasteiger partial charge < -0.3 is 5.11 Å². The number of hydrogen-bond donors (Lipinski definition) is 1. The molecule has 0 saturated heterocycles. The van der Waals surface area contributed by atoms with E-state index >= 15 is 0 Å². The second-order valence-corrected chi connectivity index (χ2v) is 6.28. The van der Waals surface area contributed by atoms with Crippen molar-refractivity contribution >= 4 is 5.97 Å². The van der Waals surface area contributed by atoms with E-state index < -0.39 is 11.4 Å². The van der Waals surface area contributed by atoms with E-state index in [0.29, 0.717) is 6.42 Å². The molecule has 0 spiro atoms. The number of carboxylic acids is 1. The van der Waals surface area contributed by atoms with E-state index in [2.05, 4.69) is 29.2 Å². The highest BCUT2D eigenvalue weighted by molar-refractivity contribution is 5.84. The van der Waals surface area contributed by atoms with Crippen molar-refractivity contribution < 1.29 is 9.90 Å². The fourth-order valence-corrected chi connectivity index (χ4v) is 3.97. The first-order valence-electron chi connectivity index (χ1n) is 8.01. The van der Waals surface area contributed by atoms with Crippen LogP contribution >= 0.6 is 0 Å². The lowest BCUT2D eigenvalue weighted by atomic mass is 9.71. The maximum atomic E-state index is 11.8. The molecule has 0 atom stereocenters. The average Bonchev–Trinajstić information content (AvgIpc) is 2.86. The van der Waals surface area contributed by atoms with E-state index in [1.165, 1.54) is 0 Å². The Kier molecular flexibility index (Phi) is 3.42. The second-order valence-electron chi connectivity index (χ2n) is 6.28. The van der Waals surface area contributed by atoms with Crippen molar-refractivity contribution in [2.24, 2.45) is 0 Å². The summed E-state index contributed by atoms with van der Waals surface area (Å²) in [7, 11) is 0. The first-order valence-corrected chi connectivity index (χ1v) is 8.01. The Morgan fingerprint density at radius 2 is 1.42 bits per heavy atom. The minimum Gasteiger partial charge on any atom is -0.481 e. The number of fused-ring (bicyclic) bond motifs is 3. The summed E-state index contributed by atoms with van der Waals surface area (Å²) in [5, 5.41) is 9.66. The fourth-order valence-electron chi connectivity index (χ4n) is 3.97. The number of hydrogen-bond acceptors (Lipinski definition) is 2. The molecule has 0 unspecified atom stereocenters. The summed E-state index contributed by atoms with van der Waals surface area (Å²) in [6, 6.07) is 20.3. The third kappa shape index (κ3) is 2.21. The van der Waals surface area contributed by atoms with Crippen LogP contribution in [0, 0.1) is 0 Å². The van der Waals surface area contributed by atoms with Crippen molar-refractivity contribution in [3.05, 3.63) is 89.7 Å². The molecular weight excluding hydrogens is 298 g/mol. The highest BCUT2D eigenvalue weighted by atomic mass is 16.4. The van der Waals surface area contributed by atoms with Crippen molar-refractivity contribution in [3.8, 4) is 11.1 Å². The molecule has 0 aliphatic heterocycles. The number of rotatable bonds is 4. The molecule has 0 saturated carbocycles. The van der Waals surface area contributed by atoms with E-state index in [-0.39, 0.29) is 6.42 Å². The van der Waals surface area contributed by atoms with Gasteiger partial charge in [-0.1, -0.05) is 48.5 Å². The topological polar surface area (TPSA) is 50.2 Å². The summed E-state index contributed by atoms with van der Waals surface area (Å²) in [6.45, 7) is 0. The van der Waals surface area contributed by atoms with Gasteiger partial charge in [-0.3, -0.25) is 9.78 Å². The molecule has 118 valence electrons. The number of aromatic nitrogens is 1. The highest BCUT2D eigenvalue weighted by Gasteiger charge is 2.44. The van der Waals surface area contributed by atoms with Crippen LogP contribution in [0.4, 0.5) is 0 Å². The van der Waals surface area contributed by atoms with Crippen LogP contribution in [-0.2, 0) is 16.6 Å². The van der Waals surface area contributed by atoms with Crippen molar-refractivity contribution in [3.63, 3.8) is 0 Å². The molecule has 1 aliphatic rings. The van der Waals surface area contributed by atoms with Gasteiger partial charge in [0.1, 0.15) is 0 Å². The standard InChI is InChI=1S/C21H17NO2/c23-20(24)14-21(13-15-9-11-22-12-10-15)18-7-3-1-5-16(18)17-6-2-4-8-19(17)21/h1-12H,13-14H2,(H,23,24). The highest BCUT2D eigenvalue weighted by Crippen LogP contribution is 2.52. The zero-order valence-electron chi connectivity index (χ0n) is 13.1. The Bertz CT molecular complexity index is 857. The summed E-state index contributed by atoms with van der Waals surface area (Å²) >= 11 is 0. The molecule has 3 heteroatoms. The number of pyridine rings is 1. The van der Waals surface area contributed by atoms with Crippen molar-refractivity contribution in [1.82, 2.24) is 4.98 Å². The average molecular weight is 315 g/mol. The maximum absolute atomic E-state index is 11.8. The lowest BCUT2D eigenvalue weighted by Crippen LogP contribution is -2.31. The van der Waals surface area contributed by atoms with Gasteiger partial charge in [0.05, 0.1) is 6.42 Å². The Hall–Kier alpha value is -2.94. The first-order chi connectivity index (χ1) is 11.7. The summed E-state index contributed by atoms with van der Waals surface area (Å²) < 4.78 is 0. The molecule has 3 aromatic rings. The van der Waals surface area contributed by atoms with E-state index in [1.807, 2.05) is 36.4 Å². The van der Waals surface area contributed by atoms with Gasteiger partial charge in [-0.15, -0.1) is 0 Å². The predicted octanol–water partition coefficient (Wildman–Crippen LogP) is 4.07.